The molecule has 148 valence electrons. The Kier molecular flexibility index (Phi) is 5.56. The fourth-order valence-electron chi connectivity index (χ4n) is 3.28. The van der Waals surface area contributed by atoms with Crippen molar-refractivity contribution in [2.45, 2.75) is 19.8 Å². The fraction of sp³-hybridized carbons (Fsp3) is 0.227. The number of urea groups is 1. The molecule has 2 amide bonds. The minimum atomic E-state index is -0.279. The molecule has 0 atom stereocenters. The van der Waals surface area contributed by atoms with Gasteiger partial charge in [-0.1, -0.05) is 17.7 Å². The van der Waals surface area contributed by atoms with Crippen LogP contribution in [0.5, 0.6) is 0 Å². The van der Waals surface area contributed by atoms with E-state index in [1.807, 2.05) is 61.5 Å². The summed E-state index contributed by atoms with van der Waals surface area (Å²) in [5.74, 6) is 0.701. The molecule has 1 aliphatic rings. The van der Waals surface area contributed by atoms with Crippen LogP contribution >= 0.6 is 0 Å². The molecule has 1 fully saturated rings. The summed E-state index contributed by atoms with van der Waals surface area (Å²) in [6.07, 6.45) is 4.24. The highest BCUT2D eigenvalue weighted by Gasteiger charge is 2.13. The minimum absolute atomic E-state index is 0.279. The van der Waals surface area contributed by atoms with Gasteiger partial charge in [0.05, 0.1) is 11.9 Å². The number of anilines is 5. The number of nitrogens with one attached hydrogen (secondary N) is 3. The van der Waals surface area contributed by atoms with Gasteiger partial charge in [-0.2, -0.15) is 5.10 Å². The van der Waals surface area contributed by atoms with Crippen molar-refractivity contribution in [1.82, 2.24) is 10.2 Å². The van der Waals surface area contributed by atoms with Gasteiger partial charge in [-0.15, -0.1) is 5.10 Å². The first-order valence-electron chi connectivity index (χ1n) is 9.75. The van der Waals surface area contributed by atoms with Crippen molar-refractivity contribution >= 4 is 34.6 Å². The Morgan fingerprint density at radius 3 is 2.14 bits per heavy atom. The molecule has 1 aromatic heterocycles. The third kappa shape index (κ3) is 5.01. The lowest BCUT2D eigenvalue weighted by Gasteiger charge is -2.17. The second kappa shape index (κ2) is 8.60. The maximum absolute atomic E-state index is 12.1. The fourth-order valence-corrected chi connectivity index (χ4v) is 3.28. The summed E-state index contributed by atoms with van der Waals surface area (Å²) in [6.45, 7) is 4.14. The molecule has 0 spiro atoms. The van der Waals surface area contributed by atoms with E-state index in [1.54, 1.807) is 6.20 Å². The van der Waals surface area contributed by atoms with Gasteiger partial charge < -0.3 is 20.9 Å². The Labute approximate surface area is 170 Å². The van der Waals surface area contributed by atoms with Crippen LogP contribution in [0, 0.1) is 6.92 Å². The van der Waals surface area contributed by atoms with Crippen molar-refractivity contribution in [2.75, 3.05) is 33.9 Å². The number of hydrogen-bond donors (Lipinski definition) is 3. The summed E-state index contributed by atoms with van der Waals surface area (Å²) < 4.78 is 0. The third-order valence-corrected chi connectivity index (χ3v) is 4.84. The van der Waals surface area contributed by atoms with Gasteiger partial charge in [-0.05, 0) is 56.2 Å². The number of carbonyl (C=O) groups excluding carboxylic acids is 1. The molecule has 1 aliphatic heterocycles. The van der Waals surface area contributed by atoms with E-state index in [2.05, 4.69) is 31.0 Å². The number of carbonyl (C=O) groups is 1. The highest BCUT2D eigenvalue weighted by Crippen LogP contribution is 2.23. The summed E-state index contributed by atoms with van der Waals surface area (Å²) in [4.78, 5) is 14.5. The van der Waals surface area contributed by atoms with Crippen LogP contribution < -0.4 is 20.9 Å². The van der Waals surface area contributed by atoms with Gasteiger partial charge in [0.25, 0.3) is 0 Å². The first kappa shape index (κ1) is 18.7. The molecule has 0 aliphatic carbocycles. The second-order valence-corrected chi connectivity index (χ2v) is 7.14. The molecule has 0 unspecified atom stereocenters. The van der Waals surface area contributed by atoms with Crippen molar-refractivity contribution in [3.8, 4) is 0 Å². The van der Waals surface area contributed by atoms with Gasteiger partial charge in [0, 0.05) is 36.2 Å². The molecule has 2 heterocycles. The van der Waals surface area contributed by atoms with Crippen LogP contribution in [0.25, 0.3) is 0 Å². The van der Waals surface area contributed by atoms with Crippen LogP contribution in [0.4, 0.5) is 33.4 Å². The van der Waals surface area contributed by atoms with Crippen LogP contribution in [0.15, 0.2) is 60.8 Å². The van der Waals surface area contributed by atoms with Gasteiger partial charge in [0.2, 0.25) is 0 Å². The standard InChI is InChI=1S/C22H24N6O/c1-16-4-6-18(7-5-16)25-22(29)26-19-10-8-17(9-11-19)24-21-14-20(15-23-27-21)28-12-2-3-13-28/h4-11,14-15H,2-3,12-13H2,1H3,(H,24,27)(H2,25,26,29). The molecule has 3 aromatic rings. The van der Waals surface area contributed by atoms with Crippen molar-refractivity contribution in [1.29, 1.82) is 0 Å². The maximum Gasteiger partial charge on any atom is 0.323 e. The van der Waals surface area contributed by atoms with Crippen molar-refractivity contribution in [3.63, 3.8) is 0 Å². The summed E-state index contributed by atoms with van der Waals surface area (Å²) in [5, 5.41) is 17.2. The first-order valence-corrected chi connectivity index (χ1v) is 9.75. The van der Waals surface area contributed by atoms with Gasteiger partial charge in [-0.25, -0.2) is 4.79 Å². The predicted octanol–water partition coefficient (Wildman–Crippen LogP) is 4.77. The molecule has 0 bridgehead atoms. The highest BCUT2D eigenvalue weighted by atomic mass is 16.2. The lowest BCUT2D eigenvalue weighted by Crippen LogP contribution is -2.19. The van der Waals surface area contributed by atoms with E-state index in [-0.39, 0.29) is 6.03 Å². The largest absolute Gasteiger partial charge is 0.370 e. The Hall–Kier alpha value is -3.61. The Morgan fingerprint density at radius 2 is 1.48 bits per heavy atom. The van der Waals surface area contributed by atoms with E-state index >= 15 is 0 Å². The average molecular weight is 388 g/mol. The smallest absolute Gasteiger partial charge is 0.323 e. The number of hydrogen-bond acceptors (Lipinski definition) is 5. The molecular weight excluding hydrogens is 364 g/mol. The van der Waals surface area contributed by atoms with Crippen LogP contribution in [-0.2, 0) is 0 Å². The van der Waals surface area contributed by atoms with Gasteiger partial charge in [-0.3, -0.25) is 0 Å². The zero-order chi connectivity index (χ0) is 20.1. The SMILES string of the molecule is Cc1ccc(NC(=O)Nc2ccc(Nc3cc(N4CCCC4)cnn3)cc2)cc1. The molecule has 7 nitrogen and oxygen atoms in total. The molecule has 2 aromatic carbocycles. The summed E-state index contributed by atoms with van der Waals surface area (Å²) in [5.41, 5.74) is 4.57. The van der Waals surface area contributed by atoms with E-state index in [4.69, 9.17) is 0 Å². The normalized spacial score (nSPS) is 13.2. The highest BCUT2D eigenvalue weighted by molar-refractivity contribution is 5.99. The quantitative estimate of drug-likeness (QED) is 0.586. The van der Waals surface area contributed by atoms with E-state index in [1.165, 1.54) is 12.8 Å². The molecule has 7 heteroatoms. The average Bonchev–Trinajstić information content (AvgIpc) is 3.26. The zero-order valence-corrected chi connectivity index (χ0v) is 16.4. The van der Waals surface area contributed by atoms with Crippen LogP contribution in [-0.4, -0.2) is 29.3 Å². The van der Waals surface area contributed by atoms with Crippen molar-refractivity contribution in [3.05, 3.63) is 66.4 Å². The Morgan fingerprint density at radius 1 is 0.897 bits per heavy atom. The lowest BCUT2D eigenvalue weighted by molar-refractivity contribution is 0.262. The number of nitrogens with zero attached hydrogens (tertiary/aromatic N) is 3. The third-order valence-electron chi connectivity index (χ3n) is 4.84. The Balaban J connectivity index is 1.34. The maximum atomic E-state index is 12.1. The second-order valence-electron chi connectivity index (χ2n) is 7.14. The Bertz CT molecular complexity index is 965. The first-order chi connectivity index (χ1) is 14.2. The molecule has 0 radical (unpaired) electrons. The molecule has 4 rings (SSSR count). The lowest BCUT2D eigenvalue weighted by atomic mass is 10.2. The number of aryl methyl sites for hydroxylation is 1. The van der Waals surface area contributed by atoms with Gasteiger partial charge in [0.15, 0.2) is 5.82 Å². The van der Waals surface area contributed by atoms with Crippen LogP contribution in [0.2, 0.25) is 0 Å². The predicted molar refractivity (Wildman–Crippen MR) is 117 cm³/mol. The molecule has 0 saturated carbocycles. The van der Waals surface area contributed by atoms with E-state index in [0.29, 0.717) is 11.5 Å². The molecule has 1 saturated heterocycles. The number of aromatic nitrogens is 2. The van der Waals surface area contributed by atoms with Gasteiger partial charge >= 0.3 is 6.03 Å². The van der Waals surface area contributed by atoms with Crippen molar-refractivity contribution < 1.29 is 4.79 Å². The molecule has 29 heavy (non-hydrogen) atoms. The van der Waals surface area contributed by atoms with E-state index in [9.17, 15) is 4.79 Å². The minimum Gasteiger partial charge on any atom is -0.370 e. The van der Waals surface area contributed by atoms with E-state index < -0.39 is 0 Å². The number of benzene rings is 2. The van der Waals surface area contributed by atoms with Crippen LogP contribution in [0.3, 0.4) is 0 Å². The number of amides is 2. The number of rotatable bonds is 5. The van der Waals surface area contributed by atoms with Crippen LogP contribution in [0.1, 0.15) is 18.4 Å². The molecule has 3 N–H and O–H groups in total. The summed E-state index contributed by atoms with van der Waals surface area (Å²) >= 11 is 0. The molecular formula is C22H24N6O. The summed E-state index contributed by atoms with van der Waals surface area (Å²) in [6, 6.07) is 16.9. The summed E-state index contributed by atoms with van der Waals surface area (Å²) in [7, 11) is 0. The zero-order valence-electron chi connectivity index (χ0n) is 16.4. The monoisotopic (exact) mass is 388 g/mol. The van der Waals surface area contributed by atoms with E-state index in [0.717, 1.165) is 35.7 Å². The topological polar surface area (TPSA) is 82.2 Å². The van der Waals surface area contributed by atoms with Gasteiger partial charge in [0.1, 0.15) is 0 Å². The van der Waals surface area contributed by atoms with Crippen molar-refractivity contribution in [2.24, 2.45) is 0 Å².